The first-order valence-corrected chi connectivity index (χ1v) is 16.1. The van der Waals surface area contributed by atoms with Crippen molar-refractivity contribution in [2.24, 2.45) is 5.92 Å². The molecule has 0 aliphatic carbocycles. The van der Waals surface area contributed by atoms with E-state index in [1.165, 1.54) is 5.56 Å². The quantitative estimate of drug-likeness (QED) is 0.250. The number of nitrogens with zero attached hydrogens (tertiary/aromatic N) is 1. The maximum atomic E-state index is 11.6. The molecular weight excluding hydrogens is 558 g/mol. The van der Waals surface area contributed by atoms with Crippen LogP contribution in [0.25, 0.3) is 0 Å². The zero-order valence-electron chi connectivity index (χ0n) is 27.3. The van der Waals surface area contributed by atoms with Crippen molar-refractivity contribution in [1.82, 2.24) is 10.6 Å². The van der Waals surface area contributed by atoms with E-state index in [0.717, 1.165) is 68.1 Å². The van der Waals surface area contributed by atoms with E-state index in [9.17, 15) is 4.79 Å². The number of rotatable bonds is 17. The molecule has 0 unspecified atom stereocenters. The van der Waals surface area contributed by atoms with Crippen LogP contribution in [0, 0.1) is 5.92 Å². The summed E-state index contributed by atoms with van der Waals surface area (Å²) < 4.78 is 29.0. The van der Waals surface area contributed by atoms with Crippen molar-refractivity contribution < 1.29 is 28.5 Å². The molecule has 0 spiro atoms. The van der Waals surface area contributed by atoms with Gasteiger partial charge in [-0.15, -0.1) is 0 Å². The van der Waals surface area contributed by atoms with Gasteiger partial charge in [0, 0.05) is 64.8 Å². The smallest absolute Gasteiger partial charge is 0.217 e. The highest BCUT2D eigenvalue weighted by Crippen LogP contribution is 2.35. The maximum Gasteiger partial charge on any atom is 0.217 e. The molecule has 9 nitrogen and oxygen atoms in total. The van der Waals surface area contributed by atoms with Crippen LogP contribution in [0.15, 0.2) is 42.5 Å². The first kappa shape index (κ1) is 34.2. The van der Waals surface area contributed by atoms with E-state index in [1.54, 1.807) is 21.1 Å². The normalized spacial score (nSPS) is 21.3. The molecule has 2 aromatic rings. The Kier molecular flexibility index (Phi) is 13.8. The minimum Gasteiger partial charge on any atom is -0.490 e. The summed E-state index contributed by atoms with van der Waals surface area (Å²) >= 11 is 0. The Bertz CT molecular complexity index is 1150. The Labute approximate surface area is 263 Å². The van der Waals surface area contributed by atoms with Crippen LogP contribution in [-0.4, -0.2) is 84.4 Å². The van der Waals surface area contributed by atoms with Crippen molar-refractivity contribution >= 4 is 11.6 Å². The predicted molar refractivity (Wildman–Crippen MR) is 173 cm³/mol. The van der Waals surface area contributed by atoms with Crippen LogP contribution in [0.5, 0.6) is 5.75 Å². The summed E-state index contributed by atoms with van der Waals surface area (Å²) in [5, 5.41) is 6.75. The number of piperidine rings is 1. The second-order valence-corrected chi connectivity index (χ2v) is 12.4. The summed E-state index contributed by atoms with van der Waals surface area (Å²) in [7, 11) is 3.47. The van der Waals surface area contributed by atoms with Crippen LogP contribution in [0.4, 0.5) is 5.69 Å². The Morgan fingerprint density at radius 1 is 1.07 bits per heavy atom. The number of fused-ring (bicyclic) bond motifs is 1. The minimum absolute atomic E-state index is 0.00760. The van der Waals surface area contributed by atoms with Gasteiger partial charge in [0.25, 0.3) is 0 Å². The van der Waals surface area contributed by atoms with Crippen LogP contribution < -0.4 is 20.3 Å². The van der Waals surface area contributed by atoms with E-state index in [4.69, 9.17) is 23.7 Å². The molecule has 9 heteroatoms. The lowest BCUT2D eigenvalue weighted by molar-refractivity contribution is -0.119. The van der Waals surface area contributed by atoms with Crippen LogP contribution in [0.2, 0.25) is 0 Å². The van der Waals surface area contributed by atoms with E-state index in [0.29, 0.717) is 39.0 Å². The fourth-order valence-corrected chi connectivity index (χ4v) is 6.32. The maximum absolute atomic E-state index is 11.6. The molecule has 2 aliphatic heterocycles. The second kappa shape index (κ2) is 17.7. The number of carbonyl (C=O) groups is 1. The van der Waals surface area contributed by atoms with E-state index in [1.807, 2.05) is 0 Å². The van der Waals surface area contributed by atoms with Crippen molar-refractivity contribution in [3.63, 3.8) is 0 Å². The molecule has 2 heterocycles. The number of carbonyl (C=O) groups excluding carboxylic acids is 1. The lowest BCUT2D eigenvalue weighted by Crippen LogP contribution is -2.49. The van der Waals surface area contributed by atoms with E-state index in [2.05, 4.69) is 71.8 Å². The van der Waals surface area contributed by atoms with Crippen molar-refractivity contribution in [1.29, 1.82) is 0 Å². The summed E-state index contributed by atoms with van der Waals surface area (Å²) in [6.45, 7) is 12.3. The van der Waals surface area contributed by atoms with Gasteiger partial charge in [0.05, 0.1) is 44.8 Å². The van der Waals surface area contributed by atoms with Gasteiger partial charge in [0.2, 0.25) is 5.91 Å². The molecule has 4 rings (SSSR count). The fraction of sp³-hybridized carbons (Fsp3) is 0.629. The molecule has 2 aliphatic rings. The molecular formula is C35H53N3O6. The molecule has 2 aromatic carbocycles. The first-order chi connectivity index (χ1) is 21.4. The number of hydrogen-bond acceptors (Lipinski definition) is 8. The highest BCUT2D eigenvalue weighted by molar-refractivity contribution is 5.73. The molecule has 44 heavy (non-hydrogen) atoms. The summed E-state index contributed by atoms with van der Waals surface area (Å²) in [4.78, 5) is 14.0. The summed E-state index contributed by atoms with van der Waals surface area (Å²) in [5.74, 6) is 1.54. The van der Waals surface area contributed by atoms with E-state index >= 15 is 0 Å². The highest BCUT2D eigenvalue weighted by atomic mass is 16.5. The second-order valence-electron chi connectivity index (χ2n) is 12.4. The average Bonchev–Trinajstić information content (AvgIpc) is 3.00. The molecule has 0 bridgehead atoms. The molecule has 0 radical (unpaired) electrons. The van der Waals surface area contributed by atoms with Gasteiger partial charge in [0.1, 0.15) is 12.4 Å². The third kappa shape index (κ3) is 10.4. The third-order valence-electron chi connectivity index (χ3n) is 8.44. The summed E-state index contributed by atoms with van der Waals surface area (Å²) in [5.41, 5.74) is 4.70. The number of benzene rings is 2. The van der Waals surface area contributed by atoms with Gasteiger partial charge in [-0.2, -0.15) is 0 Å². The van der Waals surface area contributed by atoms with Gasteiger partial charge in [-0.1, -0.05) is 37.3 Å². The van der Waals surface area contributed by atoms with Gasteiger partial charge in [-0.25, -0.2) is 0 Å². The lowest BCUT2D eigenvalue weighted by atomic mass is 9.82. The van der Waals surface area contributed by atoms with Crippen LogP contribution in [0.3, 0.4) is 0 Å². The lowest BCUT2D eigenvalue weighted by Gasteiger charge is -2.38. The molecule has 1 saturated heterocycles. The number of methoxy groups -OCH3 is 2. The Balaban J connectivity index is 1.42. The largest absolute Gasteiger partial charge is 0.490 e. The molecule has 244 valence electrons. The Hall–Kier alpha value is -2.69. The standard InChI is InChI=1S/C35H53N3O6/c1-25(21-41-5)22-42-23-28-7-10-30(11-8-28)32-19-31(17-26(2)37-27(3)39)36-20-35(32)44-24-29-9-12-34-33(18-29)38(14-16-43-34)13-6-15-40-4/h7-12,18,25-26,31-32,35-36H,6,13-17,19-24H2,1-5H3,(H,37,39)/t25-,26+,31+,32+,35-/m0/s1. The zero-order valence-corrected chi connectivity index (χ0v) is 27.3. The van der Waals surface area contributed by atoms with Crippen molar-refractivity contribution in [3.8, 4) is 5.75 Å². The zero-order chi connectivity index (χ0) is 31.3. The molecule has 1 amide bonds. The summed E-state index contributed by atoms with van der Waals surface area (Å²) in [6, 6.07) is 15.6. The first-order valence-electron chi connectivity index (χ1n) is 16.1. The monoisotopic (exact) mass is 611 g/mol. The highest BCUT2D eigenvalue weighted by Gasteiger charge is 2.33. The van der Waals surface area contributed by atoms with E-state index < -0.39 is 0 Å². The minimum atomic E-state index is 0.00760. The number of hydrogen-bond donors (Lipinski definition) is 2. The molecule has 0 saturated carbocycles. The van der Waals surface area contributed by atoms with E-state index in [-0.39, 0.29) is 30.0 Å². The van der Waals surface area contributed by atoms with Gasteiger partial charge in [0.15, 0.2) is 0 Å². The average molecular weight is 612 g/mol. The van der Waals surface area contributed by atoms with Crippen LogP contribution in [0.1, 0.15) is 62.6 Å². The number of anilines is 1. The predicted octanol–water partition coefficient (Wildman–Crippen LogP) is 4.67. The van der Waals surface area contributed by atoms with Gasteiger partial charge in [-0.3, -0.25) is 4.79 Å². The topological polar surface area (TPSA) is 90.5 Å². The van der Waals surface area contributed by atoms with Crippen molar-refractivity contribution in [2.45, 2.75) is 77.4 Å². The number of nitrogens with one attached hydrogen (secondary N) is 2. The number of amides is 1. The fourth-order valence-electron chi connectivity index (χ4n) is 6.32. The van der Waals surface area contributed by atoms with Crippen molar-refractivity contribution in [3.05, 3.63) is 59.2 Å². The van der Waals surface area contributed by atoms with Gasteiger partial charge in [-0.05, 0) is 55.0 Å². The SMILES string of the molecule is COCCCN1CCOc2ccc(CO[C@H]3CN[C@H](C[C@@H](C)NC(C)=O)C[C@@H]3c3ccc(COC[C@@H](C)COC)cc3)cc21. The number of ether oxygens (including phenoxy) is 5. The molecule has 0 aromatic heterocycles. The third-order valence-corrected chi connectivity index (χ3v) is 8.44. The molecule has 1 fully saturated rings. The van der Waals surface area contributed by atoms with Gasteiger partial charge >= 0.3 is 0 Å². The van der Waals surface area contributed by atoms with Crippen LogP contribution in [-0.2, 0) is 37.0 Å². The Morgan fingerprint density at radius 3 is 2.61 bits per heavy atom. The summed E-state index contributed by atoms with van der Waals surface area (Å²) in [6.07, 6.45) is 2.80. The van der Waals surface area contributed by atoms with Crippen LogP contribution >= 0.6 is 0 Å². The molecule has 5 atom stereocenters. The van der Waals surface area contributed by atoms with Gasteiger partial charge < -0.3 is 39.2 Å². The van der Waals surface area contributed by atoms with Crippen molar-refractivity contribution in [2.75, 3.05) is 65.2 Å². The molecule has 2 N–H and O–H groups in total. The Morgan fingerprint density at radius 2 is 1.86 bits per heavy atom.